The Bertz CT molecular complexity index is 406. The van der Waals surface area contributed by atoms with Gasteiger partial charge in [0.05, 0.1) is 25.9 Å². The first-order valence-corrected chi connectivity index (χ1v) is 6.33. The predicted molar refractivity (Wildman–Crippen MR) is 64.0 cm³/mol. The first-order valence-electron chi connectivity index (χ1n) is 6.33. The van der Waals surface area contributed by atoms with Crippen LogP contribution in [0.15, 0.2) is 0 Å². The van der Waals surface area contributed by atoms with Crippen molar-refractivity contribution in [1.29, 1.82) is 5.26 Å². The number of nitrogens with zero attached hydrogens (tertiary/aromatic N) is 3. The molecule has 0 bridgehead atoms. The highest BCUT2D eigenvalue weighted by atomic mass is 16.6. The van der Waals surface area contributed by atoms with Crippen molar-refractivity contribution in [3.8, 4) is 6.07 Å². The van der Waals surface area contributed by atoms with Crippen molar-refractivity contribution in [2.75, 3.05) is 46.0 Å². The molecule has 104 valence electrons. The Morgan fingerprint density at radius 1 is 1.26 bits per heavy atom. The van der Waals surface area contributed by atoms with Crippen LogP contribution >= 0.6 is 0 Å². The lowest BCUT2D eigenvalue weighted by atomic mass is 9.86. The SMILES string of the molecule is CCOC(=O)N1CCN(C(=O)C2(C#N)COC2)CC1. The van der Waals surface area contributed by atoms with Gasteiger partial charge in [-0.15, -0.1) is 0 Å². The number of carbonyl (C=O) groups excluding carboxylic acids is 2. The summed E-state index contributed by atoms with van der Waals surface area (Å²) in [6.45, 7) is 4.17. The van der Waals surface area contributed by atoms with Crippen LogP contribution in [0.2, 0.25) is 0 Å². The Labute approximate surface area is 111 Å². The molecule has 0 unspecified atom stereocenters. The van der Waals surface area contributed by atoms with E-state index < -0.39 is 5.41 Å². The number of rotatable bonds is 2. The summed E-state index contributed by atoms with van der Waals surface area (Å²) in [5.74, 6) is -0.190. The number of hydrogen-bond donors (Lipinski definition) is 0. The predicted octanol–water partition coefficient (Wildman–Crippen LogP) is -0.173. The van der Waals surface area contributed by atoms with Gasteiger partial charge in [0.15, 0.2) is 5.41 Å². The van der Waals surface area contributed by atoms with Crippen molar-refractivity contribution in [3.63, 3.8) is 0 Å². The molecule has 0 aliphatic carbocycles. The standard InChI is InChI=1S/C12H17N3O4/c1-2-19-11(17)15-5-3-14(4-6-15)10(16)12(7-13)8-18-9-12/h2-6,8-9H2,1H3. The monoisotopic (exact) mass is 267 g/mol. The zero-order chi connectivity index (χ0) is 13.9. The summed E-state index contributed by atoms with van der Waals surface area (Å²) in [7, 11) is 0. The molecular weight excluding hydrogens is 250 g/mol. The highest BCUT2D eigenvalue weighted by molar-refractivity contribution is 5.87. The second kappa shape index (κ2) is 5.45. The van der Waals surface area contributed by atoms with Gasteiger partial charge in [0.1, 0.15) is 0 Å². The number of amides is 2. The lowest BCUT2D eigenvalue weighted by molar-refractivity contribution is -0.162. The van der Waals surface area contributed by atoms with E-state index in [1.165, 1.54) is 0 Å². The van der Waals surface area contributed by atoms with Crippen LogP contribution in [-0.2, 0) is 14.3 Å². The van der Waals surface area contributed by atoms with Crippen LogP contribution in [0, 0.1) is 16.7 Å². The highest BCUT2D eigenvalue weighted by Gasteiger charge is 2.49. The average molecular weight is 267 g/mol. The molecule has 0 atom stereocenters. The molecule has 0 aromatic heterocycles. The van der Waals surface area contributed by atoms with E-state index in [-0.39, 0.29) is 25.2 Å². The fourth-order valence-corrected chi connectivity index (χ4v) is 2.15. The third kappa shape index (κ3) is 2.49. The third-order valence-electron chi connectivity index (χ3n) is 3.41. The van der Waals surface area contributed by atoms with E-state index in [0.717, 1.165) is 0 Å². The maximum atomic E-state index is 12.2. The minimum absolute atomic E-state index is 0.167. The van der Waals surface area contributed by atoms with Gasteiger partial charge >= 0.3 is 6.09 Å². The first-order chi connectivity index (χ1) is 9.13. The number of hydrogen-bond acceptors (Lipinski definition) is 5. The van der Waals surface area contributed by atoms with Gasteiger partial charge in [-0.3, -0.25) is 4.79 Å². The van der Waals surface area contributed by atoms with Crippen LogP contribution in [0.5, 0.6) is 0 Å². The minimum atomic E-state index is -1.01. The zero-order valence-electron chi connectivity index (χ0n) is 10.9. The second-order valence-corrected chi connectivity index (χ2v) is 4.66. The molecule has 7 nitrogen and oxygen atoms in total. The quantitative estimate of drug-likeness (QED) is 0.693. The van der Waals surface area contributed by atoms with Crippen molar-refractivity contribution >= 4 is 12.0 Å². The molecule has 0 spiro atoms. The number of carbonyl (C=O) groups is 2. The van der Waals surface area contributed by atoms with E-state index in [1.54, 1.807) is 16.7 Å². The van der Waals surface area contributed by atoms with E-state index in [1.807, 2.05) is 6.07 Å². The number of piperazine rings is 1. The summed E-state index contributed by atoms with van der Waals surface area (Å²) in [6, 6.07) is 2.04. The summed E-state index contributed by atoms with van der Waals surface area (Å²) >= 11 is 0. The molecule has 0 aromatic carbocycles. The Morgan fingerprint density at radius 3 is 2.26 bits per heavy atom. The minimum Gasteiger partial charge on any atom is -0.450 e. The van der Waals surface area contributed by atoms with E-state index in [2.05, 4.69) is 0 Å². The summed E-state index contributed by atoms with van der Waals surface area (Å²) in [5.41, 5.74) is -1.01. The molecule has 0 N–H and O–H groups in total. The topological polar surface area (TPSA) is 82.9 Å². The van der Waals surface area contributed by atoms with Crippen LogP contribution in [0.1, 0.15) is 6.92 Å². The van der Waals surface area contributed by atoms with Crippen LogP contribution in [-0.4, -0.2) is 67.8 Å². The largest absolute Gasteiger partial charge is 0.450 e. The molecule has 7 heteroatoms. The fraction of sp³-hybridized carbons (Fsp3) is 0.750. The van der Waals surface area contributed by atoms with Crippen molar-refractivity contribution < 1.29 is 19.1 Å². The molecule has 2 aliphatic heterocycles. The van der Waals surface area contributed by atoms with Crippen molar-refractivity contribution in [2.24, 2.45) is 5.41 Å². The van der Waals surface area contributed by atoms with E-state index >= 15 is 0 Å². The molecule has 19 heavy (non-hydrogen) atoms. The van der Waals surface area contributed by atoms with Gasteiger partial charge in [-0.05, 0) is 6.92 Å². The normalized spacial score (nSPS) is 21.3. The Balaban J connectivity index is 1.88. The van der Waals surface area contributed by atoms with Gasteiger partial charge in [0.2, 0.25) is 5.91 Å². The van der Waals surface area contributed by atoms with Crippen LogP contribution in [0.25, 0.3) is 0 Å². The molecule has 2 rings (SSSR count). The van der Waals surface area contributed by atoms with E-state index in [0.29, 0.717) is 32.8 Å². The first kappa shape index (κ1) is 13.6. The van der Waals surface area contributed by atoms with E-state index in [4.69, 9.17) is 14.7 Å². The summed E-state index contributed by atoms with van der Waals surface area (Å²) in [6.07, 6.45) is -0.350. The smallest absolute Gasteiger partial charge is 0.409 e. The number of nitriles is 1. The molecule has 2 aliphatic rings. The summed E-state index contributed by atoms with van der Waals surface area (Å²) < 4.78 is 9.89. The van der Waals surface area contributed by atoms with Crippen molar-refractivity contribution in [2.45, 2.75) is 6.92 Å². The Kier molecular flexibility index (Phi) is 3.90. The fourth-order valence-electron chi connectivity index (χ4n) is 2.15. The lowest BCUT2D eigenvalue weighted by Gasteiger charge is -2.41. The number of ether oxygens (including phenoxy) is 2. The van der Waals surface area contributed by atoms with E-state index in [9.17, 15) is 9.59 Å². The summed E-state index contributed by atoms with van der Waals surface area (Å²) in [5, 5.41) is 9.09. The Morgan fingerprint density at radius 2 is 1.84 bits per heavy atom. The van der Waals surface area contributed by atoms with Gasteiger partial charge in [0, 0.05) is 26.2 Å². The van der Waals surface area contributed by atoms with Crippen molar-refractivity contribution in [3.05, 3.63) is 0 Å². The molecule has 0 aromatic rings. The molecular formula is C12H17N3O4. The molecule has 2 fully saturated rings. The molecule has 0 radical (unpaired) electrons. The van der Waals surface area contributed by atoms with Gasteiger partial charge in [-0.1, -0.05) is 0 Å². The second-order valence-electron chi connectivity index (χ2n) is 4.66. The molecule has 2 amide bonds. The lowest BCUT2D eigenvalue weighted by Crippen LogP contribution is -2.59. The average Bonchev–Trinajstić information content (AvgIpc) is 2.38. The van der Waals surface area contributed by atoms with Gasteiger partial charge in [-0.2, -0.15) is 5.26 Å². The van der Waals surface area contributed by atoms with Crippen LogP contribution in [0.4, 0.5) is 4.79 Å². The highest BCUT2D eigenvalue weighted by Crippen LogP contribution is 2.29. The third-order valence-corrected chi connectivity index (χ3v) is 3.41. The molecule has 0 saturated carbocycles. The summed E-state index contributed by atoms with van der Waals surface area (Å²) in [4.78, 5) is 26.9. The van der Waals surface area contributed by atoms with Gasteiger partial charge in [-0.25, -0.2) is 4.79 Å². The van der Waals surface area contributed by atoms with Crippen molar-refractivity contribution in [1.82, 2.24) is 9.80 Å². The van der Waals surface area contributed by atoms with Gasteiger partial charge < -0.3 is 19.3 Å². The van der Waals surface area contributed by atoms with Crippen LogP contribution in [0.3, 0.4) is 0 Å². The Hall–Kier alpha value is -1.81. The van der Waals surface area contributed by atoms with Gasteiger partial charge in [0.25, 0.3) is 0 Å². The molecule has 2 saturated heterocycles. The molecule has 2 heterocycles. The zero-order valence-corrected chi connectivity index (χ0v) is 10.9. The maximum Gasteiger partial charge on any atom is 0.409 e. The maximum absolute atomic E-state index is 12.2. The van der Waals surface area contributed by atoms with Crippen LogP contribution < -0.4 is 0 Å².